The lowest BCUT2D eigenvalue weighted by molar-refractivity contribution is -0.115. The maximum absolute atomic E-state index is 13.8. The topological polar surface area (TPSA) is 75.7 Å². The maximum Gasteiger partial charge on any atom is 0.246 e. The molecular formula is C20H21F5N2O4S. The molecule has 0 saturated heterocycles. The predicted octanol–water partition coefficient (Wildman–Crippen LogP) is 3.99. The second kappa shape index (κ2) is 10.3. The molecule has 0 bridgehead atoms. The third-order valence-electron chi connectivity index (χ3n) is 4.49. The molecule has 1 N–H and O–H groups in total. The molecule has 12 heteroatoms. The normalized spacial score (nSPS) is 11.7. The van der Waals surface area contributed by atoms with Crippen molar-refractivity contribution in [2.75, 3.05) is 25.0 Å². The molecule has 2 aromatic rings. The highest BCUT2D eigenvalue weighted by molar-refractivity contribution is 7.89. The number of carbonyl (C=O) groups is 1. The van der Waals surface area contributed by atoms with E-state index in [0.717, 1.165) is 10.4 Å². The van der Waals surface area contributed by atoms with Crippen LogP contribution in [0.15, 0.2) is 23.1 Å². The van der Waals surface area contributed by atoms with E-state index in [0.29, 0.717) is 0 Å². The minimum absolute atomic E-state index is 0.0252. The number of hydrogen-bond donors (Lipinski definition) is 1. The summed E-state index contributed by atoms with van der Waals surface area (Å²) < 4.78 is 99.9. The number of benzene rings is 2. The predicted molar refractivity (Wildman–Crippen MR) is 106 cm³/mol. The summed E-state index contributed by atoms with van der Waals surface area (Å²) >= 11 is 0. The molecule has 0 fully saturated rings. The average Bonchev–Trinajstić information content (AvgIpc) is 2.75. The summed E-state index contributed by atoms with van der Waals surface area (Å²) in [6, 6.07) is 3.66. The highest BCUT2D eigenvalue weighted by Crippen LogP contribution is 2.30. The Morgan fingerprint density at radius 2 is 1.47 bits per heavy atom. The van der Waals surface area contributed by atoms with Crippen molar-refractivity contribution in [1.82, 2.24) is 4.31 Å². The third-order valence-corrected chi connectivity index (χ3v) is 6.56. The SMILES string of the molecule is CCOc1ccc(NC(=O)Cc2c(F)c(F)c(F)c(F)c2F)cc1S(=O)(=O)N(CC)CC. The van der Waals surface area contributed by atoms with Crippen LogP contribution in [0, 0.1) is 29.1 Å². The van der Waals surface area contributed by atoms with Crippen LogP contribution in [0.2, 0.25) is 0 Å². The first kappa shape index (κ1) is 25.5. The van der Waals surface area contributed by atoms with Gasteiger partial charge in [-0.25, -0.2) is 30.4 Å². The van der Waals surface area contributed by atoms with Gasteiger partial charge in [0.15, 0.2) is 23.3 Å². The lowest BCUT2D eigenvalue weighted by Crippen LogP contribution is -2.31. The molecular weight excluding hydrogens is 459 g/mol. The summed E-state index contributed by atoms with van der Waals surface area (Å²) in [6.07, 6.45) is -1.17. The van der Waals surface area contributed by atoms with Gasteiger partial charge in [0.2, 0.25) is 21.7 Å². The Hall–Kier alpha value is -2.73. The minimum Gasteiger partial charge on any atom is -0.492 e. The van der Waals surface area contributed by atoms with Crippen molar-refractivity contribution >= 4 is 21.6 Å². The molecule has 0 aromatic heterocycles. The molecule has 2 aromatic carbocycles. The molecule has 0 radical (unpaired) electrons. The number of nitrogens with one attached hydrogen (secondary N) is 1. The molecule has 0 heterocycles. The van der Waals surface area contributed by atoms with Crippen LogP contribution in [0.1, 0.15) is 26.3 Å². The van der Waals surface area contributed by atoms with Crippen molar-refractivity contribution in [3.05, 3.63) is 52.8 Å². The minimum atomic E-state index is -4.00. The fraction of sp³-hybridized carbons (Fsp3) is 0.350. The average molecular weight is 480 g/mol. The molecule has 0 atom stereocenters. The standard InChI is InChI=1S/C20H21F5N2O4S/c1-4-27(5-2)32(29,30)14-9-11(7-8-13(14)31-6-3)26-15(28)10-12-16(21)18(23)20(25)19(24)17(12)22/h7-9H,4-6,10H2,1-3H3,(H,26,28). The van der Waals surface area contributed by atoms with Gasteiger partial charge in [-0.15, -0.1) is 0 Å². The van der Waals surface area contributed by atoms with Crippen LogP contribution < -0.4 is 10.1 Å². The molecule has 2 rings (SSSR count). The number of nitrogens with zero attached hydrogens (tertiary/aromatic N) is 1. The smallest absolute Gasteiger partial charge is 0.246 e. The van der Waals surface area contributed by atoms with Gasteiger partial charge in [0, 0.05) is 24.3 Å². The highest BCUT2D eigenvalue weighted by atomic mass is 32.2. The summed E-state index contributed by atoms with van der Waals surface area (Å²) in [7, 11) is -4.00. The van der Waals surface area contributed by atoms with E-state index in [2.05, 4.69) is 5.32 Å². The highest BCUT2D eigenvalue weighted by Gasteiger charge is 2.28. The molecule has 0 unspecified atom stereocenters. The van der Waals surface area contributed by atoms with Crippen LogP contribution in [0.4, 0.5) is 27.6 Å². The number of amides is 1. The van der Waals surface area contributed by atoms with Crippen LogP contribution in [0.25, 0.3) is 0 Å². The van der Waals surface area contributed by atoms with Crippen molar-refractivity contribution in [3.8, 4) is 5.75 Å². The van der Waals surface area contributed by atoms with Gasteiger partial charge in [-0.05, 0) is 25.1 Å². The van der Waals surface area contributed by atoms with Gasteiger partial charge in [-0.3, -0.25) is 4.79 Å². The monoisotopic (exact) mass is 480 g/mol. The Balaban J connectivity index is 2.40. The number of rotatable bonds is 9. The van der Waals surface area contributed by atoms with Gasteiger partial charge in [0.05, 0.1) is 13.0 Å². The molecule has 176 valence electrons. The van der Waals surface area contributed by atoms with E-state index < -0.39 is 57.0 Å². The zero-order valence-corrected chi connectivity index (χ0v) is 18.3. The van der Waals surface area contributed by atoms with E-state index in [1.54, 1.807) is 20.8 Å². The van der Waals surface area contributed by atoms with E-state index in [4.69, 9.17) is 4.74 Å². The molecule has 32 heavy (non-hydrogen) atoms. The van der Waals surface area contributed by atoms with Crippen LogP contribution in [0.5, 0.6) is 5.75 Å². The van der Waals surface area contributed by atoms with E-state index in [1.807, 2.05) is 0 Å². The van der Waals surface area contributed by atoms with Crippen molar-refractivity contribution in [1.29, 1.82) is 0 Å². The second-order valence-corrected chi connectivity index (χ2v) is 8.36. The lowest BCUT2D eigenvalue weighted by Gasteiger charge is -2.21. The van der Waals surface area contributed by atoms with Crippen molar-refractivity contribution in [2.45, 2.75) is 32.1 Å². The van der Waals surface area contributed by atoms with Gasteiger partial charge in [0.1, 0.15) is 10.6 Å². The fourth-order valence-corrected chi connectivity index (χ4v) is 4.55. The number of carbonyl (C=O) groups excluding carboxylic acids is 1. The number of hydrogen-bond acceptors (Lipinski definition) is 4. The summed E-state index contributed by atoms with van der Waals surface area (Å²) in [6.45, 7) is 5.41. The fourth-order valence-electron chi connectivity index (χ4n) is 2.94. The molecule has 0 spiro atoms. The summed E-state index contributed by atoms with van der Waals surface area (Å²) in [5.74, 6) is -12.0. The van der Waals surface area contributed by atoms with E-state index in [9.17, 15) is 35.2 Å². The Morgan fingerprint density at radius 1 is 0.938 bits per heavy atom. The van der Waals surface area contributed by atoms with Gasteiger partial charge in [-0.2, -0.15) is 4.31 Å². The van der Waals surface area contributed by atoms with Crippen molar-refractivity contribution < 1.29 is 39.9 Å². The van der Waals surface area contributed by atoms with Gasteiger partial charge in [0.25, 0.3) is 0 Å². The Morgan fingerprint density at radius 3 is 1.97 bits per heavy atom. The van der Waals surface area contributed by atoms with Crippen LogP contribution in [0.3, 0.4) is 0 Å². The van der Waals surface area contributed by atoms with Gasteiger partial charge >= 0.3 is 0 Å². The number of ether oxygens (including phenoxy) is 1. The Bertz CT molecular complexity index is 1090. The molecule has 6 nitrogen and oxygen atoms in total. The zero-order chi connectivity index (χ0) is 24.2. The van der Waals surface area contributed by atoms with E-state index in [1.165, 1.54) is 12.1 Å². The molecule has 0 aliphatic carbocycles. The van der Waals surface area contributed by atoms with Crippen LogP contribution in [-0.4, -0.2) is 38.3 Å². The van der Waals surface area contributed by atoms with Crippen molar-refractivity contribution in [3.63, 3.8) is 0 Å². The molecule has 1 amide bonds. The third kappa shape index (κ3) is 5.01. The quantitative estimate of drug-likeness (QED) is 0.335. The van der Waals surface area contributed by atoms with Crippen LogP contribution in [-0.2, 0) is 21.2 Å². The second-order valence-electron chi connectivity index (χ2n) is 6.46. The first-order chi connectivity index (χ1) is 15.0. The summed E-state index contributed by atoms with van der Waals surface area (Å²) in [4.78, 5) is 12.0. The zero-order valence-electron chi connectivity index (χ0n) is 17.4. The summed E-state index contributed by atoms with van der Waals surface area (Å²) in [5.41, 5.74) is -1.38. The largest absolute Gasteiger partial charge is 0.492 e. The first-order valence-electron chi connectivity index (χ1n) is 9.56. The van der Waals surface area contributed by atoms with Gasteiger partial charge in [-0.1, -0.05) is 13.8 Å². The number of anilines is 1. The van der Waals surface area contributed by atoms with Crippen molar-refractivity contribution in [2.24, 2.45) is 0 Å². The first-order valence-corrected chi connectivity index (χ1v) is 11.0. The van der Waals surface area contributed by atoms with Crippen LogP contribution >= 0.6 is 0 Å². The lowest BCUT2D eigenvalue weighted by atomic mass is 10.1. The molecule has 0 saturated carbocycles. The number of halogens is 5. The Labute approximate surface area is 182 Å². The Kier molecular flexibility index (Phi) is 8.18. The number of sulfonamides is 1. The molecule has 0 aliphatic heterocycles. The van der Waals surface area contributed by atoms with Gasteiger partial charge < -0.3 is 10.1 Å². The molecule has 0 aliphatic rings. The van der Waals surface area contributed by atoms with E-state index in [-0.39, 0.29) is 36.0 Å². The summed E-state index contributed by atoms with van der Waals surface area (Å²) in [5, 5.41) is 2.21. The van der Waals surface area contributed by atoms with E-state index >= 15 is 0 Å². The maximum atomic E-state index is 13.8.